The molecule has 0 aliphatic carbocycles. The van der Waals surface area contributed by atoms with E-state index in [1.54, 1.807) is 21.3 Å². The van der Waals surface area contributed by atoms with Crippen molar-refractivity contribution in [1.29, 1.82) is 0 Å². The zero-order valence-corrected chi connectivity index (χ0v) is 23.1. The molecule has 1 aromatic carbocycles. The van der Waals surface area contributed by atoms with Gasteiger partial charge in [-0.15, -0.1) is 23.5 Å². The quantitative estimate of drug-likeness (QED) is 0.200. The van der Waals surface area contributed by atoms with Gasteiger partial charge in [0, 0.05) is 4.75 Å². The first-order valence-corrected chi connectivity index (χ1v) is 13.5. The predicted molar refractivity (Wildman–Crippen MR) is 140 cm³/mol. The normalized spacial score (nSPS) is 13.2. The maximum absolute atomic E-state index is 5.59. The number of benzene rings is 1. The van der Waals surface area contributed by atoms with E-state index in [2.05, 4.69) is 53.7 Å². The van der Waals surface area contributed by atoms with Gasteiger partial charge in [0.25, 0.3) is 0 Å². The largest absolute Gasteiger partial charge is 0.493 e. The van der Waals surface area contributed by atoms with Crippen LogP contribution in [0.25, 0.3) is 0 Å². The van der Waals surface area contributed by atoms with Crippen molar-refractivity contribution in [3.8, 4) is 17.2 Å². The first-order valence-electron chi connectivity index (χ1n) is 11.6. The maximum Gasteiger partial charge on any atom is 0.203 e. The molecule has 1 atom stereocenters. The van der Waals surface area contributed by atoms with Crippen molar-refractivity contribution in [3.05, 3.63) is 17.7 Å². The fraction of sp³-hybridized carbons (Fsp3) is 0.769. The molecule has 0 radical (unpaired) electrons. The molecule has 180 valence electrons. The second kappa shape index (κ2) is 13.8. The minimum Gasteiger partial charge on any atom is -0.493 e. The summed E-state index contributed by atoms with van der Waals surface area (Å²) in [5, 5.41) is 0. The van der Waals surface area contributed by atoms with E-state index in [1.807, 2.05) is 23.5 Å². The number of hydrogen-bond acceptors (Lipinski definition) is 5. The van der Waals surface area contributed by atoms with Crippen molar-refractivity contribution < 1.29 is 14.2 Å². The van der Waals surface area contributed by atoms with Crippen molar-refractivity contribution >= 4 is 23.5 Å². The Kier molecular flexibility index (Phi) is 12.6. The average Bonchev–Trinajstić information content (AvgIpc) is 2.68. The Morgan fingerprint density at radius 1 is 0.742 bits per heavy atom. The first kappa shape index (κ1) is 28.4. The van der Waals surface area contributed by atoms with Gasteiger partial charge < -0.3 is 14.2 Å². The minimum atomic E-state index is 0.172. The van der Waals surface area contributed by atoms with Crippen molar-refractivity contribution in [1.82, 2.24) is 0 Å². The molecule has 0 N–H and O–H groups in total. The lowest BCUT2D eigenvalue weighted by Gasteiger charge is -2.27. The van der Waals surface area contributed by atoms with Gasteiger partial charge in [-0.1, -0.05) is 73.6 Å². The number of unbranched alkanes of at least 4 members (excludes halogenated alkanes) is 5. The molecule has 0 heterocycles. The summed E-state index contributed by atoms with van der Waals surface area (Å²) in [5.41, 5.74) is 1.70. The zero-order valence-electron chi connectivity index (χ0n) is 21.4. The molecule has 0 saturated heterocycles. The van der Waals surface area contributed by atoms with Crippen LogP contribution >= 0.6 is 23.5 Å². The number of methoxy groups -OCH3 is 3. The van der Waals surface area contributed by atoms with Crippen LogP contribution in [0.2, 0.25) is 0 Å². The van der Waals surface area contributed by atoms with Crippen molar-refractivity contribution in [2.45, 2.75) is 95.8 Å². The molecule has 1 rings (SSSR count). The topological polar surface area (TPSA) is 27.7 Å². The summed E-state index contributed by atoms with van der Waals surface area (Å²) in [4.78, 5) is 0. The van der Waals surface area contributed by atoms with Crippen LogP contribution in [-0.2, 0) is 0 Å². The molecule has 0 fully saturated rings. The lowest BCUT2D eigenvalue weighted by Crippen LogP contribution is -2.10. The fourth-order valence-corrected chi connectivity index (χ4v) is 6.67. The van der Waals surface area contributed by atoms with Gasteiger partial charge in [-0.25, -0.2) is 0 Å². The number of hydrogen-bond donors (Lipinski definition) is 0. The lowest BCUT2D eigenvalue weighted by atomic mass is 9.89. The molecule has 1 unspecified atom stereocenters. The average molecular weight is 471 g/mol. The Bertz CT molecular complexity index is 608. The summed E-state index contributed by atoms with van der Waals surface area (Å²) in [6.07, 6.45) is 9.39. The SMILES string of the molecule is COc1cc(C(SCCCCCCCCC(C)(C)C)SC(C)(C)C)cc(OC)c1OC. The second-order valence-corrected chi connectivity index (χ2v) is 13.8. The van der Waals surface area contributed by atoms with E-state index >= 15 is 0 Å². The zero-order chi connectivity index (χ0) is 23.5. The van der Waals surface area contributed by atoms with Gasteiger partial charge >= 0.3 is 0 Å². The van der Waals surface area contributed by atoms with Gasteiger partial charge in [0.15, 0.2) is 11.5 Å². The molecular weight excluding hydrogens is 424 g/mol. The van der Waals surface area contributed by atoms with E-state index in [0.29, 0.717) is 15.7 Å². The Hall–Kier alpha value is -0.680. The predicted octanol–water partition coefficient (Wildman–Crippen LogP) is 8.75. The van der Waals surface area contributed by atoms with Crippen LogP contribution in [0.15, 0.2) is 12.1 Å². The summed E-state index contributed by atoms with van der Waals surface area (Å²) < 4.78 is 17.2. The molecule has 0 spiro atoms. The fourth-order valence-electron chi connectivity index (χ4n) is 3.41. The van der Waals surface area contributed by atoms with Crippen LogP contribution in [-0.4, -0.2) is 31.8 Å². The molecule has 3 nitrogen and oxygen atoms in total. The van der Waals surface area contributed by atoms with Crippen LogP contribution in [0, 0.1) is 5.41 Å². The van der Waals surface area contributed by atoms with Crippen LogP contribution in [0.4, 0.5) is 0 Å². The standard InChI is InChI=1S/C26H46O3S2/c1-25(2,3)16-14-12-10-11-13-15-17-30-24(31-26(4,5)6)20-18-21(27-7)23(29-9)22(19-20)28-8/h18-19,24H,10-17H2,1-9H3. The molecule has 5 heteroatoms. The van der Waals surface area contributed by atoms with E-state index in [9.17, 15) is 0 Å². The van der Waals surface area contributed by atoms with E-state index in [4.69, 9.17) is 14.2 Å². The van der Waals surface area contributed by atoms with Gasteiger partial charge in [-0.2, -0.15) is 0 Å². The van der Waals surface area contributed by atoms with E-state index in [1.165, 1.54) is 56.3 Å². The molecule has 0 aliphatic rings. The second-order valence-electron chi connectivity index (χ2n) is 10.3. The summed E-state index contributed by atoms with van der Waals surface area (Å²) in [7, 11) is 5.02. The smallest absolute Gasteiger partial charge is 0.203 e. The molecule has 0 aliphatic heterocycles. The van der Waals surface area contributed by atoms with Gasteiger partial charge in [0.2, 0.25) is 5.75 Å². The highest BCUT2D eigenvalue weighted by molar-refractivity contribution is 8.16. The monoisotopic (exact) mass is 470 g/mol. The van der Waals surface area contributed by atoms with E-state index in [0.717, 1.165) is 11.5 Å². The third-order valence-corrected chi connectivity index (χ3v) is 8.00. The highest BCUT2D eigenvalue weighted by atomic mass is 32.2. The molecular formula is C26H46O3S2. The molecule has 0 saturated carbocycles. The van der Waals surface area contributed by atoms with Crippen molar-refractivity contribution in [2.24, 2.45) is 5.41 Å². The number of rotatable bonds is 14. The third kappa shape index (κ3) is 11.7. The molecule has 1 aromatic rings. The molecule has 31 heavy (non-hydrogen) atoms. The molecule has 0 amide bonds. The lowest BCUT2D eigenvalue weighted by molar-refractivity contribution is 0.324. The van der Waals surface area contributed by atoms with Crippen LogP contribution in [0.3, 0.4) is 0 Å². The Morgan fingerprint density at radius 3 is 1.71 bits per heavy atom. The van der Waals surface area contributed by atoms with Crippen molar-refractivity contribution in [3.63, 3.8) is 0 Å². The van der Waals surface area contributed by atoms with Gasteiger partial charge in [-0.3, -0.25) is 0 Å². The van der Waals surface area contributed by atoms with Gasteiger partial charge in [-0.05, 0) is 41.7 Å². The van der Waals surface area contributed by atoms with Crippen LogP contribution < -0.4 is 14.2 Å². The molecule has 0 bridgehead atoms. The van der Waals surface area contributed by atoms with Crippen LogP contribution in [0.1, 0.15) is 96.6 Å². The van der Waals surface area contributed by atoms with Crippen LogP contribution in [0.5, 0.6) is 17.2 Å². The van der Waals surface area contributed by atoms with Crippen molar-refractivity contribution in [2.75, 3.05) is 27.1 Å². The number of thioether (sulfide) groups is 2. The third-order valence-electron chi connectivity index (χ3n) is 5.01. The highest BCUT2D eigenvalue weighted by Crippen LogP contribution is 2.50. The van der Waals surface area contributed by atoms with E-state index in [-0.39, 0.29) is 4.75 Å². The minimum absolute atomic E-state index is 0.172. The molecule has 0 aromatic heterocycles. The highest BCUT2D eigenvalue weighted by Gasteiger charge is 2.24. The van der Waals surface area contributed by atoms with Gasteiger partial charge in [0.05, 0.1) is 25.9 Å². The summed E-state index contributed by atoms with van der Waals surface area (Å²) in [5.74, 6) is 3.29. The Morgan fingerprint density at radius 2 is 1.26 bits per heavy atom. The summed E-state index contributed by atoms with van der Waals surface area (Å²) in [6, 6.07) is 4.21. The summed E-state index contributed by atoms with van der Waals surface area (Å²) in [6.45, 7) is 13.8. The Labute approximate surface area is 200 Å². The summed E-state index contributed by atoms with van der Waals surface area (Å²) >= 11 is 4.03. The maximum atomic E-state index is 5.59. The number of ether oxygens (including phenoxy) is 3. The Balaban J connectivity index is 2.63. The van der Waals surface area contributed by atoms with Gasteiger partial charge in [0.1, 0.15) is 0 Å². The first-order chi connectivity index (χ1) is 14.5. The van der Waals surface area contributed by atoms with E-state index < -0.39 is 0 Å².